The van der Waals surface area contributed by atoms with E-state index in [1.54, 1.807) is 12.0 Å². The summed E-state index contributed by atoms with van der Waals surface area (Å²) in [4.78, 5) is 18.1. The van der Waals surface area contributed by atoms with E-state index < -0.39 is 0 Å². The summed E-state index contributed by atoms with van der Waals surface area (Å²) >= 11 is 0. The summed E-state index contributed by atoms with van der Waals surface area (Å²) < 4.78 is 10.4. The number of aliphatic imine (C=N–C) groups is 1. The molecule has 0 spiro atoms. The number of aryl methyl sites for hydroxylation is 1. The van der Waals surface area contributed by atoms with E-state index in [9.17, 15) is 4.79 Å². The summed E-state index contributed by atoms with van der Waals surface area (Å²) in [5.74, 6) is 1.81. The summed E-state index contributed by atoms with van der Waals surface area (Å²) in [6.45, 7) is 4.29. The Morgan fingerprint density at radius 1 is 1.32 bits per heavy atom. The Labute approximate surface area is 167 Å². The average Bonchev–Trinajstić information content (AvgIpc) is 2.72. The normalized spacial score (nSPS) is 20.4. The van der Waals surface area contributed by atoms with Crippen LogP contribution in [0.4, 0.5) is 4.79 Å². The molecule has 7 nitrogen and oxygen atoms in total. The Morgan fingerprint density at radius 2 is 2.11 bits per heavy atom. The van der Waals surface area contributed by atoms with Gasteiger partial charge in [0.25, 0.3) is 0 Å². The molecule has 1 aromatic rings. The summed E-state index contributed by atoms with van der Waals surface area (Å²) in [7, 11) is 1.70. The van der Waals surface area contributed by atoms with Crippen LogP contribution in [0.25, 0.3) is 0 Å². The number of ether oxygens (including phenoxy) is 2. The third-order valence-corrected chi connectivity index (χ3v) is 5.64. The van der Waals surface area contributed by atoms with Crippen LogP contribution in [0.2, 0.25) is 0 Å². The van der Waals surface area contributed by atoms with E-state index in [0.717, 1.165) is 31.4 Å². The van der Waals surface area contributed by atoms with Gasteiger partial charge in [-0.2, -0.15) is 0 Å². The number of carbonyl (C=O) groups excluding carboxylic acids is 1. The van der Waals surface area contributed by atoms with Crippen LogP contribution in [0.5, 0.6) is 5.75 Å². The van der Waals surface area contributed by atoms with Crippen LogP contribution < -0.4 is 15.8 Å². The fourth-order valence-corrected chi connectivity index (χ4v) is 4.09. The molecule has 7 heteroatoms. The van der Waals surface area contributed by atoms with Gasteiger partial charge in [-0.15, -0.1) is 0 Å². The Balaban J connectivity index is 1.50. The predicted molar refractivity (Wildman–Crippen MR) is 110 cm³/mol. The standard InChI is InChI=1S/C21H32N4O3/c1-3-28-21(26)25-11-9-17(10-12-25)24-20(22)23-14-16-6-4-5-15-13-18(27-2)7-8-19(15)16/h7-8,13,16-17H,3-6,9-12,14H2,1-2H3,(H3,22,23,24). The maximum Gasteiger partial charge on any atom is 0.409 e. The minimum absolute atomic E-state index is 0.227. The van der Waals surface area contributed by atoms with E-state index in [1.165, 1.54) is 17.5 Å². The van der Waals surface area contributed by atoms with Crippen LogP contribution in [0.3, 0.4) is 0 Å². The quantitative estimate of drug-likeness (QED) is 0.598. The minimum Gasteiger partial charge on any atom is -0.497 e. The van der Waals surface area contributed by atoms with Crippen molar-refractivity contribution in [3.05, 3.63) is 29.3 Å². The molecule has 1 unspecified atom stereocenters. The van der Waals surface area contributed by atoms with Gasteiger partial charge in [-0.25, -0.2) is 4.79 Å². The van der Waals surface area contributed by atoms with E-state index in [2.05, 4.69) is 22.4 Å². The monoisotopic (exact) mass is 388 g/mol. The second-order valence-electron chi connectivity index (χ2n) is 7.48. The van der Waals surface area contributed by atoms with Gasteiger partial charge in [-0.1, -0.05) is 6.07 Å². The topological polar surface area (TPSA) is 89.2 Å². The lowest BCUT2D eigenvalue weighted by molar-refractivity contribution is 0.0963. The van der Waals surface area contributed by atoms with Gasteiger partial charge in [0.15, 0.2) is 5.96 Å². The third-order valence-electron chi connectivity index (χ3n) is 5.64. The molecule has 1 saturated heterocycles. The first-order valence-corrected chi connectivity index (χ1v) is 10.3. The number of methoxy groups -OCH3 is 1. The van der Waals surface area contributed by atoms with Gasteiger partial charge in [0.1, 0.15) is 5.75 Å². The van der Waals surface area contributed by atoms with Crippen molar-refractivity contribution < 1.29 is 14.3 Å². The highest BCUT2D eigenvalue weighted by Gasteiger charge is 2.24. The van der Waals surface area contributed by atoms with Crippen LogP contribution in [-0.4, -0.2) is 56.3 Å². The first kappa shape index (κ1) is 20.3. The highest BCUT2D eigenvalue weighted by Crippen LogP contribution is 2.33. The van der Waals surface area contributed by atoms with Crippen molar-refractivity contribution in [1.82, 2.24) is 10.2 Å². The maximum absolute atomic E-state index is 11.8. The van der Waals surface area contributed by atoms with Crippen molar-refractivity contribution in [3.63, 3.8) is 0 Å². The molecule has 1 fully saturated rings. The molecule has 1 amide bonds. The van der Waals surface area contributed by atoms with Crippen molar-refractivity contribution >= 4 is 12.1 Å². The number of fused-ring (bicyclic) bond motifs is 1. The predicted octanol–water partition coefficient (Wildman–Crippen LogP) is 2.64. The van der Waals surface area contributed by atoms with Crippen molar-refractivity contribution in [1.29, 1.82) is 0 Å². The lowest BCUT2D eigenvalue weighted by Crippen LogP contribution is -2.48. The number of hydrogen-bond donors (Lipinski definition) is 2. The second kappa shape index (κ2) is 9.66. The van der Waals surface area contributed by atoms with Crippen molar-refractivity contribution in [2.24, 2.45) is 10.7 Å². The Hall–Kier alpha value is -2.44. The molecule has 1 aliphatic carbocycles. The van der Waals surface area contributed by atoms with Crippen LogP contribution in [0.1, 0.15) is 49.7 Å². The molecular weight excluding hydrogens is 356 g/mol. The molecule has 28 heavy (non-hydrogen) atoms. The average molecular weight is 389 g/mol. The first-order valence-electron chi connectivity index (χ1n) is 10.3. The van der Waals surface area contributed by atoms with Crippen LogP contribution in [0.15, 0.2) is 23.2 Å². The van der Waals surface area contributed by atoms with E-state index in [-0.39, 0.29) is 12.1 Å². The fourth-order valence-electron chi connectivity index (χ4n) is 4.09. The molecule has 3 N–H and O–H groups in total. The smallest absolute Gasteiger partial charge is 0.409 e. The van der Waals surface area contributed by atoms with Crippen LogP contribution >= 0.6 is 0 Å². The number of piperidine rings is 1. The highest BCUT2D eigenvalue weighted by molar-refractivity contribution is 5.78. The van der Waals surface area contributed by atoms with E-state index >= 15 is 0 Å². The van der Waals surface area contributed by atoms with Crippen molar-refractivity contribution in [2.75, 3.05) is 33.4 Å². The zero-order valence-corrected chi connectivity index (χ0v) is 16.9. The maximum atomic E-state index is 11.8. The Morgan fingerprint density at radius 3 is 2.82 bits per heavy atom. The molecule has 3 rings (SSSR count). The number of nitrogens with two attached hydrogens (primary N) is 1. The zero-order chi connectivity index (χ0) is 19.9. The number of guanidine groups is 1. The van der Waals surface area contributed by atoms with E-state index in [1.807, 2.05) is 13.0 Å². The van der Waals surface area contributed by atoms with Crippen molar-refractivity contribution in [3.8, 4) is 5.75 Å². The number of likely N-dealkylation sites (tertiary alicyclic amines) is 1. The van der Waals surface area contributed by atoms with Crippen LogP contribution in [-0.2, 0) is 11.2 Å². The summed E-state index contributed by atoms with van der Waals surface area (Å²) in [6, 6.07) is 6.59. The molecular formula is C21H32N4O3. The van der Waals surface area contributed by atoms with Crippen molar-refractivity contribution in [2.45, 2.75) is 51.0 Å². The Bertz CT molecular complexity index is 699. The van der Waals surface area contributed by atoms with E-state index in [4.69, 9.17) is 15.2 Å². The summed E-state index contributed by atoms with van der Waals surface area (Å²) in [5, 5.41) is 3.32. The molecule has 0 saturated carbocycles. The highest BCUT2D eigenvalue weighted by atomic mass is 16.6. The summed E-state index contributed by atoms with van der Waals surface area (Å²) in [5.41, 5.74) is 8.87. The van der Waals surface area contributed by atoms with Gasteiger partial charge in [0.05, 0.1) is 13.7 Å². The largest absolute Gasteiger partial charge is 0.497 e. The minimum atomic E-state index is -0.227. The van der Waals surface area contributed by atoms with Gasteiger partial charge in [-0.05, 0) is 62.3 Å². The third kappa shape index (κ3) is 5.09. The van der Waals surface area contributed by atoms with Gasteiger partial charge >= 0.3 is 6.09 Å². The number of nitrogens with zero attached hydrogens (tertiary/aromatic N) is 2. The fraction of sp³-hybridized carbons (Fsp3) is 0.619. The molecule has 1 aromatic carbocycles. The van der Waals surface area contributed by atoms with Crippen LogP contribution in [0, 0.1) is 0 Å². The van der Waals surface area contributed by atoms with Gasteiger partial charge in [-0.3, -0.25) is 4.99 Å². The number of rotatable bonds is 5. The molecule has 0 bridgehead atoms. The SMILES string of the molecule is CCOC(=O)N1CCC(NC(N)=NCC2CCCc3cc(OC)ccc32)CC1. The zero-order valence-electron chi connectivity index (χ0n) is 16.9. The van der Waals surface area contributed by atoms with Gasteiger partial charge < -0.3 is 25.4 Å². The van der Waals surface area contributed by atoms with Gasteiger partial charge in [0, 0.05) is 31.6 Å². The molecule has 0 radical (unpaired) electrons. The number of carbonyl (C=O) groups is 1. The molecule has 0 aromatic heterocycles. The number of benzene rings is 1. The van der Waals surface area contributed by atoms with Gasteiger partial charge in [0.2, 0.25) is 0 Å². The lowest BCUT2D eigenvalue weighted by Gasteiger charge is -2.32. The number of amides is 1. The molecule has 1 heterocycles. The lowest BCUT2D eigenvalue weighted by atomic mass is 9.83. The molecule has 1 aliphatic heterocycles. The molecule has 2 aliphatic rings. The summed E-state index contributed by atoms with van der Waals surface area (Å²) in [6.07, 6.45) is 4.87. The van der Waals surface area contributed by atoms with E-state index in [0.29, 0.717) is 38.1 Å². The first-order chi connectivity index (χ1) is 13.6. The number of nitrogens with one attached hydrogen (secondary N) is 1. The molecule has 1 atom stereocenters. The Kier molecular flexibility index (Phi) is 7.01. The number of hydrogen-bond acceptors (Lipinski definition) is 4. The second-order valence-corrected chi connectivity index (χ2v) is 7.48. The molecule has 154 valence electrons.